The average molecular weight is 417 g/mol. The summed E-state index contributed by atoms with van der Waals surface area (Å²) in [5.41, 5.74) is 5.74. The Bertz CT molecular complexity index is 1080. The molecule has 0 saturated carbocycles. The number of aliphatic hydroxyl groups is 1. The van der Waals surface area contributed by atoms with Crippen LogP contribution in [0.3, 0.4) is 0 Å². The van der Waals surface area contributed by atoms with Gasteiger partial charge in [-0.15, -0.1) is 0 Å². The Morgan fingerprint density at radius 2 is 2.07 bits per heavy atom. The number of hydrogen-bond acceptors (Lipinski definition) is 5. The topological polar surface area (TPSA) is 119 Å². The molecule has 1 unspecified atom stereocenters. The van der Waals surface area contributed by atoms with Crippen molar-refractivity contribution >= 4 is 28.9 Å². The number of aromatic nitrogens is 2. The summed E-state index contributed by atoms with van der Waals surface area (Å²) in [5.74, 6) is -0.895. The number of amides is 2. The quantitative estimate of drug-likeness (QED) is 0.543. The number of pyridine rings is 1. The van der Waals surface area contributed by atoms with Gasteiger partial charge in [-0.1, -0.05) is 29.8 Å². The first kappa shape index (κ1) is 20.6. The fourth-order valence-corrected chi connectivity index (χ4v) is 2.97. The molecule has 0 bridgehead atoms. The molecule has 0 fully saturated rings. The van der Waals surface area contributed by atoms with Crippen molar-refractivity contribution < 1.29 is 19.4 Å². The molecule has 3 rings (SSSR count). The molecule has 0 aliphatic rings. The smallest absolute Gasteiger partial charge is 0.256 e. The Labute approximate surface area is 172 Å². The molecule has 0 aliphatic heterocycles. The van der Waals surface area contributed by atoms with Gasteiger partial charge in [0.2, 0.25) is 5.91 Å². The molecule has 0 radical (unpaired) electrons. The third kappa shape index (κ3) is 4.18. The lowest BCUT2D eigenvalue weighted by Crippen LogP contribution is -2.57. The van der Waals surface area contributed by atoms with Crippen LogP contribution in [-0.2, 0) is 11.4 Å². The number of fused-ring (bicyclic) bond motifs is 1. The van der Waals surface area contributed by atoms with E-state index in [1.165, 1.54) is 11.4 Å². The van der Waals surface area contributed by atoms with Crippen molar-refractivity contribution in [3.05, 3.63) is 64.4 Å². The Hall–Kier alpha value is -3.10. The maximum atomic E-state index is 12.8. The van der Waals surface area contributed by atoms with Gasteiger partial charge < -0.3 is 20.9 Å². The standard InChI is InChI=1S/C20H21ClN4O4/c1-12-17(18(27)23-20(2,11-26)19(22)28)16-9-14(7-8-25(16)24-12)29-10-13-5-3-4-6-15(13)21/h3-9,26H,10-11H2,1-2H3,(H2,22,28)(H,23,27). The molecular formula is C20H21ClN4O4. The van der Waals surface area contributed by atoms with Gasteiger partial charge in [-0.05, 0) is 26.0 Å². The monoisotopic (exact) mass is 416 g/mol. The molecule has 152 valence electrons. The highest BCUT2D eigenvalue weighted by Crippen LogP contribution is 2.23. The van der Waals surface area contributed by atoms with Crippen molar-refractivity contribution in [3.63, 3.8) is 0 Å². The van der Waals surface area contributed by atoms with Crippen molar-refractivity contribution in [2.45, 2.75) is 26.0 Å². The summed E-state index contributed by atoms with van der Waals surface area (Å²) in [6.07, 6.45) is 1.67. The SMILES string of the molecule is Cc1nn2ccc(OCc3ccccc3Cl)cc2c1C(=O)NC(C)(CO)C(N)=O. The summed E-state index contributed by atoms with van der Waals surface area (Å²) in [6.45, 7) is 2.66. The second-order valence-corrected chi connectivity index (χ2v) is 7.25. The summed E-state index contributed by atoms with van der Waals surface area (Å²) < 4.78 is 7.35. The fraction of sp³-hybridized carbons (Fsp3) is 0.250. The van der Waals surface area contributed by atoms with Crippen LogP contribution < -0.4 is 15.8 Å². The molecule has 9 heteroatoms. The second-order valence-electron chi connectivity index (χ2n) is 6.84. The summed E-state index contributed by atoms with van der Waals surface area (Å²) in [4.78, 5) is 24.4. The molecule has 0 saturated heterocycles. The van der Waals surface area contributed by atoms with Crippen LogP contribution in [0, 0.1) is 6.92 Å². The summed E-state index contributed by atoms with van der Waals surface area (Å²) in [5, 5.41) is 16.9. The predicted molar refractivity (Wildman–Crippen MR) is 108 cm³/mol. The second kappa shape index (κ2) is 8.10. The van der Waals surface area contributed by atoms with E-state index in [-0.39, 0.29) is 12.2 Å². The van der Waals surface area contributed by atoms with E-state index in [1.807, 2.05) is 18.2 Å². The lowest BCUT2D eigenvalue weighted by atomic mass is 10.0. The molecule has 0 spiro atoms. The van der Waals surface area contributed by atoms with Crippen LogP contribution >= 0.6 is 11.6 Å². The number of halogens is 1. The van der Waals surface area contributed by atoms with Gasteiger partial charge in [0.05, 0.1) is 23.4 Å². The number of rotatable bonds is 7. The number of aryl methyl sites for hydroxylation is 1. The van der Waals surface area contributed by atoms with Gasteiger partial charge >= 0.3 is 0 Å². The Morgan fingerprint density at radius 3 is 2.72 bits per heavy atom. The van der Waals surface area contributed by atoms with E-state index in [2.05, 4.69) is 10.4 Å². The van der Waals surface area contributed by atoms with E-state index < -0.39 is 24.0 Å². The van der Waals surface area contributed by atoms with Crippen molar-refractivity contribution in [1.29, 1.82) is 0 Å². The number of carbonyl (C=O) groups is 2. The largest absolute Gasteiger partial charge is 0.489 e. The number of primary amides is 1. The number of benzene rings is 1. The highest BCUT2D eigenvalue weighted by molar-refractivity contribution is 6.31. The Morgan fingerprint density at radius 1 is 1.34 bits per heavy atom. The molecule has 2 aromatic heterocycles. The minimum absolute atomic E-state index is 0.258. The van der Waals surface area contributed by atoms with Gasteiger partial charge in [-0.2, -0.15) is 5.10 Å². The van der Waals surface area contributed by atoms with Crippen LogP contribution in [0.2, 0.25) is 5.02 Å². The zero-order chi connectivity index (χ0) is 21.2. The maximum Gasteiger partial charge on any atom is 0.256 e. The minimum Gasteiger partial charge on any atom is -0.489 e. The van der Waals surface area contributed by atoms with E-state index in [9.17, 15) is 14.7 Å². The molecule has 3 aromatic rings. The van der Waals surface area contributed by atoms with Crippen molar-refractivity contribution in [2.75, 3.05) is 6.61 Å². The third-order valence-electron chi connectivity index (χ3n) is 4.61. The lowest BCUT2D eigenvalue weighted by Gasteiger charge is -2.24. The van der Waals surface area contributed by atoms with Gasteiger partial charge in [0.25, 0.3) is 5.91 Å². The van der Waals surface area contributed by atoms with Crippen LogP contribution in [0.5, 0.6) is 5.75 Å². The van der Waals surface area contributed by atoms with Gasteiger partial charge in [-0.25, -0.2) is 4.52 Å². The molecular weight excluding hydrogens is 396 g/mol. The zero-order valence-corrected chi connectivity index (χ0v) is 16.7. The highest BCUT2D eigenvalue weighted by Gasteiger charge is 2.33. The maximum absolute atomic E-state index is 12.8. The van der Waals surface area contributed by atoms with Crippen molar-refractivity contribution in [1.82, 2.24) is 14.9 Å². The van der Waals surface area contributed by atoms with Gasteiger partial charge in [-0.3, -0.25) is 9.59 Å². The zero-order valence-electron chi connectivity index (χ0n) is 16.0. The van der Waals surface area contributed by atoms with Crippen LogP contribution in [0.25, 0.3) is 5.52 Å². The number of nitrogens with two attached hydrogens (primary N) is 1. The van der Waals surface area contributed by atoms with E-state index in [1.54, 1.807) is 31.3 Å². The Kier molecular flexibility index (Phi) is 5.76. The fourth-order valence-electron chi connectivity index (χ4n) is 2.78. The van der Waals surface area contributed by atoms with E-state index >= 15 is 0 Å². The Balaban J connectivity index is 1.89. The molecule has 29 heavy (non-hydrogen) atoms. The molecule has 2 amide bonds. The molecule has 4 N–H and O–H groups in total. The summed E-state index contributed by atoms with van der Waals surface area (Å²) >= 11 is 6.15. The molecule has 0 aliphatic carbocycles. The van der Waals surface area contributed by atoms with Gasteiger partial charge in [0, 0.05) is 22.8 Å². The lowest BCUT2D eigenvalue weighted by molar-refractivity contribution is -0.124. The van der Waals surface area contributed by atoms with E-state index in [4.69, 9.17) is 22.1 Å². The normalized spacial score (nSPS) is 13.1. The third-order valence-corrected chi connectivity index (χ3v) is 4.98. The predicted octanol–water partition coefficient (Wildman–Crippen LogP) is 1.84. The number of hydrogen-bond donors (Lipinski definition) is 3. The van der Waals surface area contributed by atoms with E-state index in [0.29, 0.717) is 22.0 Å². The van der Waals surface area contributed by atoms with Crippen LogP contribution in [0.1, 0.15) is 28.5 Å². The number of aliphatic hydroxyl groups excluding tert-OH is 1. The van der Waals surface area contributed by atoms with E-state index in [0.717, 1.165) is 5.56 Å². The van der Waals surface area contributed by atoms with Gasteiger partial charge in [0.1, 0.15) is 17.9 Å². The van der Waals surface area contributed by atoms with Crippen molar-refractivity contribution in [2.24, 2.45) is 5.73 Å². The number of ether oxygens (including phenoxy) is 1. The first-order chi connectivity index (χ1) is 13.7. The van der Waals surface area contributed by atoms with Crippen molar-refractivity contribution in [3.8, 4) is 5.75 Å². The minimum atomic E-state index is -1.59. The number of nitrogens with zero attached hydrogens (tertiary/aromatic N) is 2. The van der Waals surface area contributed by atoms with Crippen LogP contribution in [0.15, 0.2) is 42.6 Å². The number of carbonyl (C=O) groups excluding carboxylic acids is 2. The average Bonchev–Trinajstić information content (AvgIpc) is 3.02. The first-order valence-electron chi connectivity index (χ1n) is 8.83. The van der Waals surface area contributed by atoms with Crippen LogP contribution in [0.4, 0.5) is 0 Å². The molecule has 1 aromatic carbocycles. The summed E-state index contributed by atoms with van der Waals surface area (Å²) in [7, 11) is 0. The molecule has 1 atom stereocenters. The van der Waals surface area contributed by atoms with Gasteiger partial charge in [0.15, 0.2) is 0 Å². The van der Waals surface area contributed by atoms with Crippen LogP contribution in [-0.4, -0.2) is 38.7 Å². The highest BCUT2D eigenvalue weighted by atomic mass is 35.5. The molecule has 8 nitrogen and oxygen atoms in total. The number of nitrogens with one attached hydrogen (secondary N) is 1. The molecule has 2 heterocycles. The first-order valence-corrected chi connectivity index (χ1v) is 9.21. The summed E-state index contributed by atoms with van der Waals surface area (Å²) in [6, 6.07) is 10.7.